The molecule has 1 rings (SSSR count). The van der Waals surface area contributed by atoms with Crippen molar-refractivity contribution in [3.8, 4) is 0 Å². The molecule has 0 saturated carbocycles. The Morgan fingerprint density at radius 1 is 1.10 bits per heavy atom. The summed E-state index contributed by atoms with van der Waals surface area (Å²) in [4.78, 5) is 2.45. The molecule has 1 aromatic rings. The van der Waals surface area contributed by atoms with E-state index in [0.29, 0.717) is 12.1 Å². The average Bonchev–Trinajstić information content (AvgIpc) is 2.45. The lowest BCUT2D eigenvalue weighted by molar-refractivity contribution is 0.225. The zero-order valence-electron chi connectivity index (χ0n) is 15.0. The van der Waals surface area contributed by atoms with Gasteiger partial charge in [0.15, 0.2) is 0 Å². The third-order valence-electron chi connectivity index (χ3n) is 4.44. The molecule has 1 aromatic carbocycles. The number of likely N-dealkylation sites (N-methyl/N-ethyl adjacent to an activating group) is 2. The molecule has 1 N–H and O–H groups in total. The van der Waals surface area contributed by atoms with E-state index in [2.05, 4.69) is 83.1 Å². The van der Waals surface area contributed by atoms with Crippen molar-refractivity contribution in [2.75, 3.05) is 20.1 Å². The van der Waals surface area contributed by atoms with Crippen molar-refractivity contribution in [1.29, 1.82) is 0 Å². The summed E-state index contributed by atoms with van der Waals surface area (Å²) in [7, 11) is 2.22. The van der Waals surface area contributed by atoms with Gasteiger partial charge >= 0.3 is 0 Å². The number of hydrogen-bond donors (Lipinski definition) is 1. The Labute approximate surface area is 131 Å². The van der Waals surface area contributed by atoms with Gasteiger partial charge in [0.05, 0.1) is 0 Å². The summed E-state index contributed by atoms with van der Waals surface area (Å²) < 4.78 is 0. The van der Waals surface area contributed by atoms with Crippen LogP contribution in [-0.4, -0.2) is 31.1 Å². The van der Waals surface area contributed by atoms with Crippen LogP contribution in [0.4, 0.5) is 0 Å². The van der Waals surface area contributed by atoms with E-state index in [1.807, 2.05) is 0 Å². The molecule has 0 spiro atoms. The van der Waals surface area contributed by atoms with Crippen LogP contribution in [-0.2, 0) is 5.41 Å². The minimum Gasteiger partial charge on any atom is -0.309 e. The molecule has 0 aliphatic carbocycles. The van der Waals surface area contributed by atoms with Crippen LogP contribution in [0.5, 0.6) is 0 Å². The summed E-state index contributed by atoms with van der Waals surface area (Å²) >= 11 is 0. The summed E-state index contributed by atoms with van der Waals surface area (Å²) in [6.45, 7) is 15.6. The predicted octanol–water partition coefficient (Wildman–Crippen LogP) is 4.37. The van der Waals surface area contributed by atoms with Crippen molar-refractivity contribution in [2.45, 2.75) is 65.5 Å². The number of nitrogens with zero attached hydrogens (tertiary/aromatic N) is 1. The molecule has 2 nitrogen and oxygen atoms in total. The molecule has 0 fully saturated rings. The van der Waals surface area contributed by atoms with E-state index in [-0.39, 0.29) is 5.41 Å². The molecule has 120 valence electrons. The van der Waals surface area contributed by atoms with Gasteiger partial charge in [-0.2, -0.15) is 0 Å². The van der Waals surface area contributed by atoms with Crippen LogP contribution in [0.3, 0.4) is 0 Å². The van der Waals surface area contributed by atoms with E-state index in [1.54, 1.807) is 0 Å². The second kappa shape index (κ2) is 7.95. The first-order valence-electron chi connectivity index (χ1n) is 8.33. The normalized spacial score (nSPS) is 15.2. The van der Waals surface area contributed by atoms with Crippen molar-refractivity contribution < 1.29 is 0 Å². The number of benzene rings is 1. The summed E-state index contributed by atoms with van der Waals surface area (Å²) in [6, 6.07) is 10.2. The van der Waals surface area contributed by atoms with Crippen LogP contribution < -0.4 is 5.32 Å². The summed E-state index contributed by atoms with van der Waals surface area (Å²) in [5.41, 5.74) is 3.01. The third-order valence-corrected chi connectivity index (χ3v) is 4.44. The summed E-state index contributed by atoms with van der Waals surface area (Å²) in [6.07, 6.45) is 1.19. The molecule has 0 amide bonds. The van der Waals surface area contributed by atoms with Crippen molar-refractivity contribution in [2.24, 2.45) is 0 Å². The molecule has 0 heterocycles. The van der Waals surface area contributed by atoms with Crippen LogP contribution in [0, 0.1) is 0 Å². The molecule has 0 radical (unpaired) electrons. The van der Waals surface area contributed by atoms with E-state index < -0.39 is 0 Å². The maximum Gasteiger partial charge on any atom is 0.0449 e. The average molecular weight is 290 g/mol. The Kier molecular flexibility index (Phi) is 6.89. The molecule has 0 aliphatic rings. The molecule has 0 bridgehead atoms. The first kappa shape index (κ1) is 18.2. The van der Waals surface area contributed by atoms with Crippen LogP contribution in [0.15, 0.2) is 24.3 Å². The Morgan fingerprint density at radius 3 is 2.10 bits per heavy atom. The number of hydrogen-bond acceptors (Lipinski definition) is 2. The number of rotatable bonds is 7. The highest BCUT2D eigenvalue weighted by Gasteiger charge is 2.18. The van der Waals surface area contributed by atoms with Gasteiger partial charge in [-0.1, -0.05) is 58.9 Å². The molecule has 0 aliphatic heterocycles. The van der Waals surface area contributed by atoms with E-state index in [0.717, 1.165) is 13.1 Å². The van der Waals surface area contributed by atoms with Gasteiger partial charge < -0.3 is 10.2 Å². The predicted molar refractivity (Wildman–Crippen MR) is 93.9 cm³/mol. The SMILES string of the molecule is CCNC(CN(C)C(C)CC)c1ccc(C(C)(C)C)cc1. The van der Waals surface area contributed by atoms with Gasteiger partial charge in [0.25, 0.3) is 0 Å². The number of nitrogens with one attached hydrogen (secondary N) is 1. The fraction of sp³-hybridized carbons (Fsp3) is 0.684. The topological polar surface area (TPSA) is 15.3 Å². The quantitative estimate of drug-likeness (QED) is 0.802. The van der Waals surface area contributed by atoms with Crippen molar-refractivity contribution in [3.05, 3.63) is 35.4 Å². The first-order valence-corrected chi connectivity index (χ1v) is 8.33. The molecule has 21 heavy (non-hydrogen) atoms. The van der Waals surface area contributed by atoms with Gasteiger partial charge in [0.1, 0.15) is 0 Å². The first-order chi connectivity index (χ1) is 9.79. The zero-order chi connectivity index (χ0) is 16.0. The van der Waals surface area contributed by atoms with E-state index >= 15 is 0 Å². The molecule has 2 unspecified atom stereocenters. The summed E-state index contributed by atoms with van der Waals surface area (Å²) in [5.74, 6) is 0. The minimum absolute atomic E-state index is 0.222. The van der Waals surface area contributed by atoms with Gasteiger partial charge in [0, 0.05) is 18.6 Å². The maximum atomic E-state index is 3.63. The van der Waals surface area contributed by atoms with Crippen LogP contribution in [0.2, 0.25) is 0 Å². The standard InChI is InChI=1S/C19H34N2/c1-8-15(3)21(7)14-18(20-9-2)16-10-12-17(13-11-16)19(4,5)6/h10-13,15,18,20H,8-9,14H2,1-7H3. The van der Waals surface area contributed by atoms with E-state index in [1.165, 1.54) is 17.5 Å². The van der Waals surface area contributed by atoms with Crippen LogP contribution >= 0.6 is 0 Å². The highest BCUT2D eigenvalue weighted by atomic mass is 15.1. The third kappa shape index (κ3) is 5.44. The molecule has 0 aromatic heterocycles. The van der Waals surface area contributed by atoms with E-state index in [9.17, 15) is 0 Å². The monoisotopic (exact) mass is 290 g/mol. The molecular weight excluding hydrogens is 256 g/mol. The van der Waals surface area contributed by atoms with Crippen molar-refractivity contribution >= 4 is 0 Å². The Bertz CT molecular complexity index is 403. The molecule has 2 heteroatoms. The van der Waals surface area contributed by atoms with Crippen molar-refractivity contribution in [1.82, 2.24) is 10.2 Å². The lowest BCUT2D eigenvalue weighted by Gasteiger charge is -2.29. The smallest absolute Gasteiger partial charge is 0.0449 e. The van der Waals surface area contributed by atoms with Crippen molar-refractivity contribution in [3.63, 3.8) is 0 Å². The highest BCUT2D eigenvalue weighted by molar-refractivity contribution is 5.29. The minimum atomic E-state index is 0.222. The highest BCUT2D eigenvalue weighted by Crippen LogP contribution is 2.24. The zero-order valence-corrected chi connectivity index (χ0v) is 15.0. The fourth-order valence-electron chi connectivity index (χ4n) is 2.53. The molecular formula is C19H34N2. The Morgan fingerprint density at radius 2 is 1.67 bits per heavy atom. The lowest BCUT2D eigenvalue weighted by Crippen LogP contribution is -2.37. The lowest BCUT2D eigenvalue weighted by atomic mass is 9.86. The maximum absolute atomic E-state index is 3.63. The van der Waals surface area contributed by atoms with Crippen LogP contribution in [0.1, 0.15) is 65.1 Å². The molecule has 2 atom stereocenters. The Hall–Kier alpha value is -0.860. The van der Waals surface area contributed by atoms with Gasteiger partial charge in [0.2, 0.25) is 0 Å². The largest absolute Gasteiger partial charge is 0.309 e. The summed E-state index contributed by atoms with van der Waals surface area (Å²) in [5, 5.41) is 3.63. The Balaban J connectivity index is 2.85. The van der Waals surface area contributed by atoms with Gasteiger partial charge in [-0.15, -0.1) is 0 Å². The van der Waals surface area contributed by atoms with Gasteiger partial charge in [-0.3, -0.25) is 0 Å². The second-order valence-electron chi connectivity index (χ2n) is 7.18. The van der Waals surface area contributed by atoms with Crippen LogP contribution in [0.25, 0.3) is 0 Å². The second-order valence-corrected chi connectivity index (χ2v) is 7.18. The van der Waals surface area contributed by atoms with E-state index in [4.69, 9.17) is 0 Å². The fourth-order valence-corrected chi connectivity index (χ4v) is 2.53. The van der Waals surface area contributed by atoms with Gasteiger partial charge in [-0.05, 0) is 43.5 Å². The van der Waals surface area contributed by atoms with Gasteiger partial charge in [-0.25, -0.2) is 0 Å². The molecule has 0 saturated heterocycles.